The molecule has 3 amide bonds. The molecule has 1 fully saturated rings. The normalized spacial score (nSPS) is 15.6. The van der Waals surface area contributed by atoms with Gasteiger partial charge in [0.15, 0.2) is 18.1 Å². The van der Waals surface area contributed by atoms with Gasteiger partial charge < -0.3 is 19.5 Å². The van der Waals surface area contributed by atoms with Crippen molar-refractivity contribution in [1.29, 1.82) is 0 Å². The van der Waals surface area contributed by atoms with Crippen molar-refractivity contribution in [1.82, 2.24) is 5.32 Å². The number of carbonyl (C=O) groups is 3. The molecular formula is C20H20N2O6S. The highest BCUT2D eigenvalue weighted by molar-refractivity contribution is 8.15. The summed E-state index contributed by atoms with van der Waals surface area (Å²) in [6.45, 7) is -0.197. The highest BCUT2D eigenvalue weighted by atomic mass is 32.2. The molecule has 1 unspecified atom stereocenters. The maximum Gasteiger partial charge on any atom is 0.286 e. The molecule has 29 heavy (non-hydrogen) atoms. The third-order valence-corrected chi connectivity index (χ3v) is 5.13. The number of nitrogens with one attached hydrogen (secondary N) is 2. The van der Waals surface area contributed by atoms with Gasteiger partial charge >= 0.3 is 0 Å². The third kappa shape index (κ3) is 5.41. The number of methoxy groups -OCH3 is 2. The summed E-state index contributed by atoms with van der Waals surface area (Å²) >= 11 is 0.971. The Kier molecular flexibility index (Phi) is 6.61. The predicted molar refractivity (Wildman–Crippen MR) is 109 cm³/mol. The van der Waals surface area contributed by atoms with Crippen molar-refractivity contribution in [3.8, 4) is 17.2 Å². The Morgan fingerprint density at radius 1 is 1.07 bits per heavy atom. The summed E-state index contributed by atoms with van der Waals surface area (Å²) in [4.78, 5) is 35.1. The lowest BCUT2D eigenvalue weighted by Crippen LogP contribution is -2.25. The van der Waals surface area contributed by atoms with Crippen LogP contribution in [0.1, 0.15) is 5.56 Å². The van der Waals surface area contributed by atoms with E-state index < -0.39 is 5.25 Å². The molecule has 0 spiro atoms. The predicted octanol–water partition coefficient (Wildman–Crippen LogP) is 2.62. The van der Waals surface area contributed by atoms with E-state index in [4.69, 9.17) is 14.2 Å². The largest absolute Gasteiger partial charge is 0.497 e. The highest BCUT2D eigenvalue weighted by Gasteiger charge is 2.31. The van der Waals surface area contributed by atoms with Crippen molar-refractivity contribution in [2.45, 2.75) is 11.7 Å². The van der Waals surface area contributed by atoms with E-state index >= 15 is 0 Å². The molecule has 2 aromatic carbocycles. The van der Waals surface area contributed by atoms with Crippen LogP contribution < -0.4 is 24.8 Å². The van der Waals surface area contributed by atoms with Crippen molar-refractivity contribution >= 4 is 34.5 Å². The fraction of sp³-hybridized carbons (Fsp3) is 0.250. The van der Waals surface area contributed by atoms with E-state index in [0.29, 0.717) is 29.4 Å². The van der Waals surface area contributed by atoms with E-state index in [2.05, 4.69) is 10.6 Å². The van der Waals surface area contributed by atoms with E-state index in [1.807, 2.05) is 0 Å². The molecule has 8 nitrogen and oxygen atoms in total. The summed E-state index contributed by atoms with van der Waals surface area (Å²) < 4.78 is 16.0. The minimum atomic E-state index is -0.464. The maximum absolute atomic E-state index is 12.1. The molecule has 1 heterocycles. The number of thioether (sulfide) groups is 1. The van der Waals surface area contributed by atoms with Crippen molar-refractivity contribution in [2.24, 2.45) is 0 Å². The number of amides is 3. The topological polar surface area (TPSA) is 103 Å². The lowest BCUT2D eigenvalue weighted by Gasteiger charge is -2.13. The fourth-order valence-corrected chi connectivity index (χ4v) is 3.57. The first-order valence-corrected chi connectivity index (χ1v) is 9.61. The zero-order valence-corrected chi connectivity index (χ0v) is 16.7. The average Bonchev–Trinajstić information content (AvgIpc) is 3.04. The fourth-order valence-electron chi connectivity index (χ4n) is 2.71. The summed E-state index contributed by atoms with van der Waals surface area (Å²) in [5, 5.41) is 4.19. The molecular weight excluding hydrogens is 396 g/mol. The van der Waals surface area contributed by atoms with E-state index in [1.54, 1.807) is 49.6 Å². The van der Waals surface area contributed by atoms with E-state index in [0.717, 1.165) is 17.3 Å². The van der Waals surface area contributed by atoms with Gasteiger partial charge in [-0.25, -0.2) is 0 Å². The van der Waals surface area contributed by atoms with Crippen molar-refractivity contribution in [3.05, 3.63) is 48.0 Å². The van der Waals surface area contributed by atoms with Crippen LogP contribution in [-0.2, 0) is 16.0 Å². The third-order valence-electron chi connectivity index (χ3n) is 4.15. The molecule has 1 aliphatic heterocycles. The molecule has 152 valence electrons. The van der Waals surface area contributed by atoms with Gasteiger partial charge in [-0.2, -0.15) is 0 Å². The SMILES string of the molecule is COc1ccc(NC(=O)COc2ccc(CC3SC(=O)NC3=O)cc2OC)cc1. The highest BCUT2D eigenvalue weighted by Crippen LogP contribution is 2.30. The summed E-state index contributed by atoms with van der Waals surface area (Å²) in [7, 11) is 3.06. The van der Waals surface area contributed by atoms with Crippen LogP contribution in [0.5, 0.6) is 17.2 Å². The molecule has 1 atom stereocenters. The Morgan fingerprint density at radius 3 is 2.45 bits per heavy atom. The Hall–Kier alpha value is -3.20. The van der Waals surface area contributed by atoms with Gasteiger partial charge in [-0.1, -0.05) is 17.8 Å². The van der Waals surface area contributed by atoms with E-state index in [-0.39, 0.29) is 23.7 Å². The number of carbonyl (C=O) groups excluding carboxylic acids is 3. The molecule has 2 N–H and O–H groups in total. The van der Waals surface area contributed by atoms with Crippen molar-refractivity contribution < 1.29 is 28.6 Å². The summed E-state index contributed by atoms with van der Waals surface area (Å²) in [6.07, 6.45) is 0.386. The molecule has 0 radical (unpaired) electrons. The monoisotopic (exact) mass is 416 g/mol. The van der Waals surface area contributed by atoms with Crippen LogP contribution in [-0.4, -0.2) is 43.1 Å². The molecule has 0 aliphatic carbocycles. The molecule has 1 aliphatic rings. The average molecular weight is 416 g/mol. The second kappa shape index (κ2) is 9.33. The second-order valence-electron chi connectivity index (χ2n) is 6.14. The van der Waals surface area contributed by atoms with Crippen molar-refractivity contribution in [3.63, 3.8) is 0 Å². The van der Waals surface area contributed by atoms with Crippen LogP contribution in [0.15, 0.2) is 42.5 Å². The molecule has 2 aromatic rings. The second-order valence-corrected chi connectivity index (χ2v) is 7.31. The quantitative estimate of drug-likeness (QED) is 0.682. The summed E-state index contributed by atoms with van der Waals surface area (Å²) in [5.74, 6) is 0.922. The van der Waals surface area contributed by atoms with Gasteiger partial charge in [0.05, 0.1) is 19.5 Å². The van der Waals surface area contributed by atoms with Gasteiger partial charge in [0.1, 0.15) is 5.75 Å². The lowest BCUT2D eigenvalue weighted by molar-refractivity contribution is -0.119. The minimum Gasteiger partial charge on any atom is -0.497 e. The van der Waals surface area contributed by atoms with E-state index in [9.17, 15) is 14.4 Å². The van der Waals surface area contributed by atoms with Gasteiger partial charge in [0, 0.05) is 5.69 Å². The van der Waals surface area contributed by atoms with Crippen LogP contribution in [0.2, 0.25) is 0 Å². The zero-order valence-electron chi connectivity index (χ0n) is 15.9. The Bertz CT molecular complexity index is 916. The molecule has 3 rings (SSSR count). The number of ether oxygens (including phenoxy) is 3. The van der Waals surface area contributed by atoms with Gasteiger partial charge in [-0.05, 0) is 48.4 Å². The Labute approximate surface area is 171 Å². The number of anilines is 1. The standard InChI is InChI=1S/C20H20N2O6S/c1-26-14-6-4-13(5-7-14)21-18(23)11-28-15-8-3-12(9-16(15)27-2)10-17-19(24)22-20(25)29-17/h3-9,17H,10-11H2,1-2H3,(H,21,23)(H,22,24,25). The number of hydrogen-bond donors (Lipinski definition) is 2. The maximum atomic E-state index is 12.1. The Morgan fingerprint density at radius 2 is 1.83 bits per heavy atom. The van der Waals surface area contributed by atoms with Crippen LogP contribution in [0, 0.1) is 0 Å². The van der Waals surface area contributed by atoms with Crippen LogP contribution in [0.25, 0.3) is 0 Å². The lowest BCUT2D eigenvalue weighted by atomic mass is 10.1. The number of benzene rings is 2. The molecule has 1 saturated heterocycles. The summed E-state index contributed by atoms with van der Waals surface area (Å²) in [6, 6.07) is 12.1. The molecule has 0 aromatic heterocycles. The first kappa shape index (κ1) is 20.5. The molecule has 0 saturated carbocycles. The van der Waals surface area contributed by atoms with Gasteiger partial charge in [0.2, 0.25) is 5.91 Å². The van der Waals surface area contributed by atoms with Crippen LogP contribution in [0.3, 0.4) is 0 Å². The van der Waals surface area contributed by atoms with Crippen LogP contribution >= 0.6 is 11.8 Å². The first-order valence-electron chi connectivity index (χ1n) is 8.73. The molecule has 9 heteroatoms. The Balaban J connectivity index is 1.57. The van der Waals surface area contributed by atoms with Gasteiger partial charge in [-0.15, -0.1) is 0 Å². The van der Waals surface area contributed by atoms with Gasteiger partial charge in [0.25, 0.3) is 11.1 Å². The number of hydrogen-bond acceptors (Lipinski definition) is 7. The number of imide groups is 1. The van der Waals surface area contributed by atoms with Gasteiger partial charge in [-0.3, -0.25) is 19.7 Å². The zero-order chi connectivity index (χ0) is 20.8. The van der Waals surface area contributed by atoms with E-state index in [1.165, 1.54) is 7.11 Å². The van der Waals surface area contributed by atoms with Crippen LogP contribution in [0.4, 0.5) is 10.5 Å². The smallest absolute Gasteiger partial charge is 0.286 e. The minimum absolute atomic E-state index is 0.197. The van der Waals surface area contributed by atoms with Crippen molar-refractivity contribution in [2.75, 3.05) is 26.1 Å². The summed E-state index contributed by atoms with van der Waals surface area (Å²) in [5.41, 5.74) is 1.45. The number of rotatable bonds is 8. The first-order chi connectivity index (χ1) is 14.0. The molecule has 0 bridgehead atoms.